The van der Waals surface area contributed by atoms with Crippen LogP contribution < -0.4 is 21.7 Å². The van der Waals surface area contributed by atoms with Crippen LogP contribution in [0.4, 0.5) is 0 Å². The van der Waals surface area contributed by atoms with Crippen LogP contribution in [0.25, 0.3) is 10.9 Å². The Morgan fingerprint density at radius 2 is 1.47 bits per heavy atom. The average Bonchev–Trinajstić information content (AvgIpc) is 2.99. The molecule has 3 aromatic carbocycles. The van der Waals surface area contributed by atoms with Crippen LogP contribution in [0.15, 0.2) is 91.0 Å². The summed E-state index contributed by atoms with van der Waals surface area (Å²) in [6.07, 6.45) is -1.30. The second kappa shape index (κ2) is 14.6. The zero-order chi connectivity index (χ0) is 32.6. The molecule has 0 saturated carbocycles. The summed E-state index contributed by atoms with van der Waals surface area (Å²) in [7, 11) is 0. The van der Waals surface area contributed by atoms with Gasteiger partial charge in [-0.3, -0.25) is 19.2 Å². The summed E-state index contributed by atoms with van der Waals surface area (Å²) in [5.74, 6) is -2.41. The van der Waals surface area contributed by atoms with E-state index >= 15 is 0 Å². The number of nitrogens with zero attached hydrogens (tertiary/aromatic N) is 1. The molecule has 0 fully saturated rings. The van der Waals surface area contributed by atoms with Crippen molar-refractivity contribution in [2.75, 3.05) is 0 Å². The van der Waals surface area contributed by atoms with Crippen LogP contribution in [-0.4, -0.2) is 57.4 Å². The summed E-state index contributed by atoms with van der Waals surface area (Å²) in [6.45, 7) is 5.64. The standard InChI is InChI=1S/C35H39N5O5/c1-35(2,3)40-32(43)25-15-9-7-14-24(25)20-30(41)28(19-22-11-5-4-6-12-22)38-34(45)29(21-31(36)42)39-33(44)27-18-17-23-13-8-10-16-26(23)37-27/h4-18,28-30,41H,19-21H2,1-3H3,(H2,36,42)(H,38,45)(H,39,44)(H,40,43)/t28-,29-,30-/m0/s1. The molecule has 45 heavy (non-hydrogen) atoms. The molecule has 0 aliphatic carbocycles. The van der Waals surface area contributed by atoms with Crippen LogP contribution >= 0.6 is 0 Å². The molecule has 0 spiro atoms. The van der Waals surface area contributed by atoms with E-state index in [4.69, 9.17) is 5.73 Å². The molecular formula is C35H39N5O5. The second-order valence-corrected chi connectivity index (χ2v) is 12.0. The number of benzene rings is 3. The maximum atomic E-state index is 13.6. The van der Waals surface area contributed by atoms with Gasteiger partial charge in [0.1, 0.15) is 11.7 Å². The van der Waals surface area contributed by atoms with E-state index in [1.54, 1.807) is 42.5 Å². The van der Waals surface area contributed by atoms with Gasteiger partial charge >= 0.3 is 0 Å². The fourth-order valence-corrected chi connectivity index (χ4v) is 4.97. The molecule has 10 nitrogen and oxygen atoms in total. The van der Waals surface area contributed by atoms with Gasteiger partial charge in [0.25, 0.3) is 11.8 Å². The molecule has 0 bridgehead atoms. The van der Waals surface area contributed by atoms with Gasteiger partial charge in [-0.05, 0) is 56.5 Å². The van der Waals surface area contributed by atoms with Crippen LogP contribution in [0.2, 0.25) is 0 Å². The van der Waals surface area contributed by atoms with E-state index in [9.17, 15) is 24.3 Å². The summed E-state index contributed by atoms with van der Waals surface area (Å²) >= 11 is 0. The topological polar surface area (TPSA) is 164 Å². The van der Waals surface area contributed by atoms with Crippen LogP contribution in [-0.2, 0) is 22.4 Å². The summed E-state index contributed by atoms with van der Waals surface area (Å²) < 4.78 is 0. The molecule has 1 heterocycles. The smallest absolute Gasteiger partial charge is 0.270 e. The van der Waals surface area contributed by atoms with Crippen molar-refractivity contribution in [2.45, 2.75) is 63.8 Å². The number of hydrogen-bond donors (Lipinski definition) is 5. The van der Waals surface area contributed by atoms with E-state index in [-0.39, 0.29) is 24.4 Å². The predicted molar refractivity (Wildman–Crippen MR) is 172 cm³/mol. The van der Waals surface area contributed by atoms with Gasteiger partial charge < -0.3 is 26.8 Å². The number of aliphatic hydroxyl groups is 1. The molecule has 10 heteroatoms. The molecule has 0 saturated heterocycles. The number of nitrogens with two attached hydrogens (primary N) is 1. The van der Waals surface area contributed by atoms with Gasteiger partial charge in [0.15, 0.2) is 0 Å². The van der Waals surface area contributed by atoms with E-state index in [2.05, 4.69) is 20.9 Å². The molecule has 0 radical (unpaired) electrons. The molecule has 0 unspecified atom stereocenters. The maximum absolute atomic E-state index is 13.6. The summed E-state index contributed by atoms with van der Waals surface area (Å²) in [4.78, 5) is 56.1. The molecule has 6 N–H and O–H groups in total. The number of aromatic nitrogens is 1. The Labute approximate surface area is 262 Å². The number of primary amides is 1. The van der Waals surface area contributed by atoms with Crippen LogP contribution in [0.5, 0.6) is 0 Å². The normalized spacial score (nSPS) is 13.3. The SMILES string of the molecule is CC(C)(C)NC(=O)c1ccccc1C[C@H](O)[C@H](Cc1ccccc1)NC(=O)[C@H](CC(N)=O)NC(=O)c1ccc2ccccc2n1. The van der Waals surface area contributed by atoms with Crippen molar-refractivity contribution >= 4 is 34.5 Å². The van der Waals surface area contributed by atoms with Gasteiger partial charge in [-0.2, -0.15) is 0 Å². The quantitative estimate of drug-likeness (QED) is 0.166. The molecule has 0 aliphatic rings. The van der Waals surface area contributed by atoms with Crippen molar-refractivity contribution in [1.82, 2.24) is 20.9 Å². The largest absolute Gasteiger partial charge is 0.391 e. The fourth-order valence-electron chi connectivity index (χ4n) is 4.97. The van der Waals surface area contributed by atoms with Gasteiger partial charge in [0.2, 0.25) is 11.8 Å². The van der Waals surface area contributed by atoms with Crippen molar-refractivity contribution in [3.63, 3.8) is 0 Å². The monoisotopic (exact) mass is 609 g/mol. The van der Waals surface area contributed by atoms with Gasteiger partial charge in [-0.15, -0.1) is 0 Å². The van der Waals surface area contributed by atoms with E-state index in [1.165, 1.54) is 6.07 Å². The van der Waals surface area contributed by atoms with Crippen molar-refractivity contribution in [1.29, 1.82) is 0 Å². The highest BCUT2D eigenvalue weighted by molar-refractivity contribution is 5.99. The number of amides is 4. The number of carbonyl (C=O) groups is 4. The van der Waals surface area contributed by atoms with Gasteiger partial charge in [-0.1, -0.05) is 72.8 Å². The third-order valence-electron chi connectivity index (χ3n) is 7.13. The Kier molecular flexibility index (Phi) is 10.6. The summed E-state index contributed by atoms with van der Waals surface area (Å²) in [6, 6.07) is 24.7. The third kappa shape index (κ3) is 9.45. The minimum Gasteiger partial charge on any atom is -0.391 e. The molecule has 234 valence electrons. The highest BCUT2D eigenvalue weighted by Crippen LogP contribution is 2.17. The summed E-state index contributed by atoms with van der Waals surface area (Å²) in [5, 5.41) is 20.7. The first-order valence-electron chi connectivity index (χ1n) is 14.8. The number of para-hydroxylation sites is 1. The first kappa shape index (κ1) is 32.8. The highest BCUT2D eigenvalue weighted by Gasteiger charge is 2.30. The average molecular weight is 610 g/mol. The van der Waals surface area contributed by atoms with Gasteiger partial charge in [0.05, 0.1) is 24.1 Å². The molecule has 3 atom stereocenters. The van der Waals surface area contributed by atoms with E-state index in [1.807, 2.05) is 63.2 Å². The minimum absolute atomic E-state index is 0.0549. The maximum Gasteiger partial charge on any atom is 0.270 e. The number of pyridine rings is 1. The number of carbonyl (C=O) groups excluding carboxylic acids is 4. The lowest BCUT2D eigenvalue weighted by atomic mass is 9.93. The first-order chi connectivity index (χ1) is 21.4. The molecular weight excluding hydrogens is 570 g/mol. The van der Waals surface area contributed by atoms with Crippen LogP contribution in [0.3, 0.4) is 0 Å². The van der Waals surface area contributed by atoms with Crippen molar-refractivity contribution < 1.29 is 24.3 Å². The first-order valence-corrected chi connectivity index (χ1v) is 14.8. The lowest BCUT2D eigenvalue weighted by Crippen LogP contribution is -2.54. The molecule has 1 aromatic heterocycles. The Balaban J connectivity index is 1.56. The molecule has 0 aliphatic heterocycles. The number of fused-ring (bicyclic) bond motifs is 1. The summed E-state index contributed by atoms with van der Waals surface area (Å²) in [5.41, 5.74) is 7.52. The lowest BCUT2D eigenvalue weighted by molar-refractivity contribution is -0.128. The molecule has 4 amide bonds. The Morgan fingerprint density at radius 1 is 0.800 bits per heavy atom. The highest BCUT2D eigenvalue weighted by atomic mass is 16.3. The van der Waals surface area contributed by atoms with Gasteiger partial charge in [0, 0.05) is 22.9 Å². The number of rotatable bonds is 12. The number of aliphatic hydroxyl groups excluding tert-OH is 1. The van der Waals surface area contributed by atoms with Crippen LogP contribution in [0, 0.1) is 0 Å². The van der Waals surface area contributed by atoms with E-state index in [0.717, 1.165) is 10.9 Å². The van der Waals surface area contributed by atoms with E-state index in [0.29, 0.717) is 16.6 Å². The van der Waals surface area contributed by atoms with Crippen molar-refractivity contribution in [3.05, 3.63) is 113 Å². The minimum atomic E-state index is -1.32. The third-order valence-corrected chi connectivity index (χ3v) is 7.13. The Hall–Kier alpha value is -5.09. The number of hydrogen-bond acceptors (Lipinski definition) is 6. The van der Waals surface area contributed by atoms with Crippen molar-refractivity contribution in [2.24, 2.45) is 5.73 Å². The van der Waals surface area contributed by atoms with Gasteiger partial charge in [-0.25, -0.2) is 4.98 Å². The predicted octanol–water partition coefficient (Wildman–Crippen LogP) is 3.07. The van der Waals surface area contributed by atoms with E-state index < -0.39 is 47.9 Å². The second-order valence-electron chi connectivity index (χ2n) is 12.0. The Bertz CT molecular complexity index is 1670. The molecule has 4 aromatic rings. The molecule has 4 rings (SSSR count). The van der Waals surface area contributed by atoms with Crippen LogP contribution in [0.1, 0.15) is 59.2 Å². The van der Waals surface area contributed by atoms with Crippen molar-refractivity contribution in [3.8, 4) is 0 Å². The number of nitrogens with one attached hydrogen (secondary N) is 3. The lowest BCUT2D eigenvalue weighted by Gasteiger charge is -2.28. The Morgan fingerprint density at radius 3 is 2.18 bits per heavy atom. The zero-order valence-corrected chi connectivity index (χ0v) is 25.6. The zero-order valence-electron chi connectivity index (χ0n) is 25.6. The fraction of sp³-hybridized carbons (Fsp3) is 0.286.